The average molecular weight is 328 g/mol. The molecule has 19 heavy (non-hydrogen) atoms. The first-order valence-corrected chi connectivity index (χ1v) is 8.08. The van der Waals surface area contributed by atoms with Crippen LogP contribution in [0.5, 0.6) is 5.75 Å². The summed E-state index contributed by atoms with van der Waals surface area (Å²) in [5.74, 6) is 0.934. The first-order valence-electron chi connectivity index (χ1n) is 6.96. The van der Waals surface area contributed by atoms with Crippen LogP contribution in [0.1, 0.15) is 32.3 Å². The molecule has 0 spiro atoms. The van der Waals surface area contributed by atoms with E-state index < -0.39 is 0 Å². The van der Waals surface area contributed by atoms with Gasteiger partial charge in [0.1, 0.15) is 5.75 Å². The minimum atomic E-state index is 0.383. The lowest BCUT2D eigenvalue weighted by Gasteiger charge is -2.34. The van der Waals surface area contributed by atoms with Gasteiger partial charge in [0.2, 0.25) is 0 Å². The molecule has 0 aromatic heterocycles. The van der Waals surface area contributed by atoms with Gasteiger partial charge in [0.25, 0.3) is 0 Å². The Balaban J connectivity index is 2.65. The predicted molar refractivity (Wildman–Crippen MR) is 86.1 cm³/mol. The standard InChI is InChI=1S/C16H26BrNO/c1-5-16(6-2,12-17)13-18(3)11-14-8-7-9-15(10-14)19-4/h7-10H,5-6,11-13H2,1-4H3. The van der Waals surface area contributed by atoms with Gasteiger partial charge in [0, 0.05) is 18.4 Å². The Morgan fingerprint density at radius 1 is 1.26 bits per heavy atom. The largest absolute Gasteiger partial charge is 0.497 e. The first-order chi connectivity index (χ1) is 9.09. The Bertz CT molecular complexity index is 369. The number of nitrogens with zero attached hydrogens (tertiary/aromatic N) is 1. The van der Waals surface area contributed by atoms with Crippen LogP contribution < -0.4 is 4.74 Å². The maximum Gasteiger partial charge on any atom is 0.119 e. The lowest BCUT2D eigenvalue weighted by atomic mass is 9.84. The molecule has 1 aromatic rings. The van der Waals surface area contributed by atoms with Gasteiger partial charge in [-0.25, -0.2) is 0 Å². The van der Waals surface area contributed by atoms with Crippen LogP contribution in [0.4, 0.5) is 0 Å². The summed E-state index contributed by atoms with van der Waals surface area (Å²) in [5, 5.41) is 1.06. The molecule has 0 saturated carbocycles. The van der Waals surface area contributed by atoms with Crippen molar-refractivity contribution in [3.63, 3.8) is 0 Å². The zero-order valence-corrected chi connectivity index (χ0v) is 14.2. The van der Waals surface area contributed by atoms with Gasteiger partial charge in [-0.15, -0.1) is 0 Å². The second-order valence-electron chi connectivity index (χ2n) is 5.36. The van der Waals surface area contributed by atoms with Crippen molar-refractivity contribution in [3.05, 3.63) is 29.8 Å². The van der Waals surface area contributed by atoms with Gasteiger partial charge >= 0.3 is 0 Å². The van der Waals surface area contributed by atoms with Gasteiger partial charge in [0.15, 0.2) is 0 Å². The van der Waals surface area contributed by atoms with E-state index in [1.54, 1.807) is 7.11 Å². The highest BCUT2D eigenvalue weighted by Gasteiger charge is 2.26. The lowest BCUT2D eigenvalue weighted by Crippen LogP contribution is -2.36. The third-order valence-electron chi connectivity index (χ3n) is 3.98. The molecule has 0 fully saturated rings. The fourth-order valence-electron chi connectivity index (χ4n) is 2.42. The normalized spacial score (nSPS) is 11.9. The highest BCUT2D eigenvalue weighted by molar-refractivity contribution is 9.09. The fraction of sp³-hybridized carbons (Fsp3) is 0.625. The molecule has 0 bridgehead atoms. The fourth-order valence-corrected chi connectivity index (χ4v) is 3.39. The predicted octanol–water partition coefficient (Wildman–Crippen LogP) is 4.33. The molecule has 0 N–H and O–H groups in total. The van der Waals surface area contributed by atoms with Crippen LogP contribution in [0.25, 0.3) is 0 Å². The quantitative estimate of drug-likeness (QED) is 0.659. The Hall–Kier alpha value is -0.540. The van der Waals surface area contributed by atoms with Gasteiger partial charge < -0.3 is 9.64 Å². The van der Waals surface area contributed by atoms with Crippen molar-refractivity contribution in [2.75, 3.05) is 26.0 Å². The number of hydrogen-bond acceptors (Lipinski definition) is 2. The van der Waals surface area contributed by atoms with Crippen molar-refractivity contribution in [2.45, 2.75) is 33.2 Å². The topological polar surface area (TPSA) is 12.5 Å². The van der Waals surface area contributed by atoms with Crippen molar-refractivity contribution < 1.29 is 4.74 Å². The zero-order chi connectivity index (χ0) is 14.3. The highest BCUT2D eigenvalue weighted by Crippen LogP contribution is 2.30. The molecular formula is C16H26BrNO. The second-order valence-corrected chi connectivity index (χ2v) is 5.93. The van der Waals surface area contributed by atoms with E-state index in [-0.39, 0.29) is 0 Å². The lowest BCUT2D eigenvalue weighted by molar-refractivity contribution is 0.180. The maximum atomic E-state index is 5.27. The number of benzene rings is 1. The van der Waals surface area contributed by atoms with E-state index in [4.69, 9.17) is 4.74 Å². The Labute approximate surface area is 126 Å². The molecule has 0 heterocycles. The molecule has 1 aromatic carbocycles. The van der Waals surface area contributed by atoms with Crippen LogP contribution in [0.2, 0.25) is 0 Å². The molecule has 0 radical (unpaired) electrons. The number of halogens is 1. The van der Waals surface area contributed by atoms with Gasteiger partial charge in [-0.3, -0.25) is 0 Å². The summed E-state index contributed by atoms with van der Waals surface area (Å²) in [6.07, 6.45) is 2.41. The van der Waals surface area contributed by atoms with Crippen molar-refractivity contribution >= 4 is 15.9 Å². The van der Waals surface area contributed by atoms with Crippen LogP contribution in [-0.2, 0) is 6.54 Å². The van der Waals surface area contributed by atoms with Crippen LogP contribution >= 0.6 is 15.9 Å². The van der Waals surface area contributed by atoms with Crippen LogP contribution in [0.3, 0.4) is 0 Å². The first kappa shape index (κ1) is 16.5. The molecule has 0 aliphatic carbocycles. The summed E-state index contributed by atoms with van der Waals surface area (Å²) in [7, 11) is 3.91. The maximum absolute atomic E-state index is 5.27. The monoisotopic (exact) mass is 327 g/mol. The summed E-state index contributed by atoms with van der Waals surface area (Å²) in [6, 6.07) is 8.32. The van der Waals surface area contributed by atoms with Gasteiger partial charge in [-0.05, 0) is 43.0 Å². The number of ether oxygens (including phenoxy) is 1. The minimum absolute atomic E-state index is 0.383. The van der Waals surface area contributed by atoms with Crippen molar-refractivity contribution in [1.82, 2.24) is 4.90 Å². The number of methoxy groups -OCH3 is 1. The van der Waals surface area contributed by atoms with Crippen LogP contribution in [0.15, 0.2) is 24.3 Å². The number of hydrogen-bond donors (Lipinski definition) is 0. The molecule has 0 aliphatic rings. The van der Waals surface area contributed by atoms with E-state index in [0.29, 0.717) is 5.41 Å². The van der Waals surface area contributed by atoms with E-state index in [1.165, 1.54) is 18.4 Å². The Morgan fingerprint density at radius 3 is 2.47 bits per heavy atom. The summed E-state index contributed by atoms with van der Waals surface area (Å²) < 4.78 is 5.27. The average Bonchev–Trinajstić information content (AvgIpc) is 2.45. The Morgan fingerprint density at radius 2 is 1.95 bits per heavy atom. The SMILES string of the molecule is CCC(CC)(CBr)CN(C)Cc1cccc(OC)c1. The molecule has 1 rings (SSSR count). The molecule has 2 nitrogen and oxygen atoms in total. The molecule has 0 amide bonds. The smallest absolute Gasteiger partial charge is 0.119 e. The van der Waals surface area contributed by atoms with Gasteiger partial charge in [-0.2, -0.15) is 0 Å². The third kappa shape index (κ3) is 4.81. The summed E-state index contributed by atoms with van der Waals surface area (Å²) >= 11 is 3.68. The van der Waals surface area contributed by atoms with Crippen molar-refractivity contribution in [2.24, 2.45) is 5.41 Å². The highest BCUT2D eigenvalue weighted by atomic mass is 79.9. The summed E-state index contributed by atoms with van der Waals surface area (Å²) in [6.45, 7) is 6.64. The second kappa shape index (κ2) is 7.91. The molecule has 108 valence electrons. The van der Waals surface area contributed by atoms with Crippen LogP contribution in [-0.4, -0.2) is 30.9 Å². The number of rotatable bonds is 8. The van der Waals surface area contributed by atoms with Crippen molar-refractivity contribution in [3.8, 4) is 5.75 Å². The third-order valence-corrected chi connectivity index (χ3v) is 5.16. The van der Waals surface area contributed by atoms with E-state index >= 15 is 0 Å². The van der Waals surface area contributed by atoms with Crippen LogP contribution in [0, 0.1) is 5.41 Å². The molecular weight excluding hydrogens is 302 g/mol. The molecule has 0 unspecified atom stereocenters. The van der Waals surface area contributed by atoms with E-state index in [2.05, 4.69) is 59.9 Å². The van der Waals surface area contributed by atoms with Gasteiger partial charge in [0.05, 0.1) is 7.11 Å². The summed E-state index contributed by atoms with van der Waals surface area (Å²) in [5.41, 5.74) is 1.69. The van der Waals surface area contributed by atoms with Crippen molar-refractivity contribution in [1.29, 1.82) is 0 Å². The van der Waals surface area contributed by atoms with E-state index in [0.717, 1.165) is 24.2 Å². The number of alkyl halides is 1. The Kier molecular flexibility index (Phi) is 6.87. The minimum Gasteiger partial charge on any atom is -0.497 e. The molecule has 0 aliphatic heterocycles. The zero-order valence-electron chi connectivity index (χ0n) is 12.6. The molecule has 3 heteroatoms. The summed E-state index contributed by atoms with van der Waals surface area (Å²) in [4.78, 5) is 2.41. The molecule has 0 saturated heterocycles. The van der Waals surface area contributed by atoms with E-state index in [1.807, 2.05) is 6.07 Å². The van der Waals surface area contributed by atoms with E-state index in [9.17, 15) is 0 Å². The molecule has 0 atom stereocenters. The van der Waals surface area contributed by atoms with Gasteiger partial charge in [-0.1, -0.05) is 41.9 Å².